The largest absolute Gasteiger partial charge is 0.493 e. The molecule has 20 heavy (non-hydrogen) atoms. The molecule has 0 fully saturated rings. The molecular formula is C16H18FNO2. The van der Waals surface area contributed by atoms with Crippen molar-refractivity contribution in [2.75, 3.05) is 14.2 Å². The van der Waals surface area contributed by atoms with E-state index in [1.165, 1.54) is 6.07 Å². The fourth-order valence-corrected chi connectivity index (χ4v) is 1.92. The van der Waals surface area contributed by atoms with E-state index in [1.54, 1.807) is 25.3 Å². The van der Waals surface area contributed by atoms with Crippen molar-refractivity contribution in [3.63, 3.8) is 0 Å². The minimum absolute atomic E-state index is 0.173. The number of hydrogen-bond donors (Lipinski definition) is 1. The molecule has 0 atom stereocenters. The van der Waals surface area contributed by atoms with Gasteiger partial charge in [-0.15, -0.1) is 0 Å². The van der Waals surface area contributed by atoms with Gasteiger partial charge in [-0.25, -0.2) is 4.39 Å². The molecular weight excluding hydrogens is 257 g/mol. The third kappa shape index (κ3) is 3.48. The van der Waals surface area contributed by atoms with E-state index < -0.39 is 0 Å². The Balaban J connectivity index is 2.15. The van der Waals surface area contributed by atoms with Crippen LogP contribution in [0.3, 0.4) is 0 Å². The number of rotatable bonds is 6. The van der Waals surface area contributed by atoms with Crippen LogP contribution in [-0.4, -0.2) is 14.2 Å². The molecule has 0 aliphatic rings. The van der Waals surface area contributed by atoms with Crippen LogP contribution in [0, 0.1) is 5.82 Å². The Labute approximate surface area is 118 Å². The molecule has 2 rings (SSSR count). The van der Waals surface area contributed by atoms with Crippen molar-refractivity contribution < 1.29 is 13.9 Å². The van der Waals surface area contributed by atoms with Gasteiger partial charge in [-0.2, -0.15) is 0 Å². The molecule has 0 radical (unpaired) electrons. The minimum Gasteiger partial charge on any atom is -0.493 e. The van der Waals surface area contributed by atoms with E-state index in [1.807, 2.05) is 25.2 Å². The quantitative estimate of drug-likeness (QED) is 0.878. The Kier molecular flexibility index (Phi) is 4.96. The van der Waals surface area contributed by atoms with Crippen LogP contribution >= 0.6 is 0 Å². The summed E-state index contributed by atoms with van der Waals surface area (Å²) in [6.45, 7) is 0.909. The lowest BCUT2D eigenvalue weighted by Gasteiger charge is -2.12. The standard InChI is InChI=1S/C16H18FNO2/c1-18-10-12-7-8-15(19-2)16(9-12)20-11-13-5-3-4-6-14(13)17/h3-9,18H,10-11H2,1-2H3. The first kappa shape index (κ1) is 14.3. The Hall–Kier alpha value is -2.07. The third-order valence-corrected chi connectivity index (χ3v) is 2.95. The summed E-state index contributed by atoms with van der Waals surface area (Å²) >= 11 is 0. The molecule has 0 aliphatic carbocycles. The first-order valence-corrected chi connectivity index (χ1v) is 6.42. The fourth-order valence-electron chi connectivity index (χ4n) is 1.92. The van der Waals surface area contributed by atoms with Gasteiger partial charge in [0.2, 0.25) is 0 Å². The molecule has 0 aromatic heterocycles. The summed E-state index contributed by atoms with van der Waals surface area (Å²) in [5.74, 6) is 0.988. The Morgan fingerprint density at radius 3 is 2.60 bits per heavy atom. The zero-order valence-electron chi connectivity index (χ0n) is 11.7. The maximum Gasteiger partial charge on any atom is 0.161 e. The molecule has 0 unspecified atom stereocenters. The maximum absolute atomic E-state index is 13.6. The van der Waals surface area contributed by atoms with Gasteiger partial charge in [-0.3, -0.25) is 0 Å². The second kappa shape index (κ2) is 6.91. The highest BCUT2D eigenvalue weighted by Crippen LogP contribution is 2.29. The van der Waals surface area contributed by atoms with Crippen LogP contribution in [0.1, 0.15) is 11.1 Å². The molecule has 3 nitrogen and oxygen atoms in total. The summed E-state index contributed by atoms with van der Waals surface area (Å²) in [5.41, 5.74) is 1.60. The molecule has 0 heterocycles. The second-order valence-electron chi connectivity index (χ2n) is 4.40. The Morgan fingerprint density at radius 1 is 1.10 bits per heavy atom. The van der Waals surface area contributed by atoms with E-state index in [-0.39, 0.29) is 12.4 Å². The van der Waals surface area contributed by atoms with Gasteiger partial charge in [0.15, 0.2) is 11.5 Å². The Bertz CT molecular complexity index is 572. The smallest absolute Gasteiger partial charge is 0.161 e. The van der Waals surface area contributed by atoms with E-state index >= 15 is 0 Å². The van der Waals surface area contributed by atoms with Crippen molar-refractivity contribution >= 4 is 0 Å². The number of methoxy groups -OCH3 is 1. The zero-order valence-corrected chi connectivity index (χ0v) is 11.7. The SMILES string of the molecule is CNCc1ccc(OC)c(OCc2ccccc2F)c1. The molecule has 0 amide bonds. The van der Waals surface area contributed by atoms with Gasteiger partial charge >= 0.3 is 0 Å². The molecule has 1 N–H and O–H groups in total. The van der Waals surface area contributed by atoms with Gasteiger partial charge in [-0.1, -0.05) is 24.3 Å². The topological polar surface area (TPSA) is 30.5 Å². The molecule has 0 saturated heterocycles. The normalized spacial score (nSPS) is 10.3. The number of nitrogens with one attached hydrogen (secondary N) is 1. The summed E-state index contributed by atoms with van der Waals surface area (Å²) in [6.07, 6.45) is 0. The minimum atomic E-state index is -0.266. The van der Waals surface area contributed by atoms with Gasteiger partial charge in [-0.05, 0) is 30.8 Å². The lowest BCUT2D eigenvalue weighted by molar-refractivity contribution is 0.279. The van der Waals surface area contributed by atoms with Gasteiger partial charge in [0.1, 0.15) is 12.4 Å². The van der Waals surface area contributed by atoms with Crippen LogP contribution in [-0.2, 0) is 13.2 Å². The summed E-state index contributed by atoms with van der Waals surface area (Å²) < 4.78 is 24.5. The second-order valence-corrected chi connectivity index (χ2v) is 4.40. The van der Waals surface area contributed by atoms with Crippen LogP contribution < -0.4 is 14.8 Å². The van der Waals surface area contributed by atoms with Crippen molar-refractivity contribution in [2.24, 2.45) is 0 Å². The number of hydrogen-bond acceptors (Lipinski definition) is 3. The fraction of sp³-hybridized carbons (Fsp3) is 0.250. The van der Waals surface area contributed by atoms with Crippen molar-refractivity contribution in [2.45, 2.75) is 13.2 Å². The van der Waals surface area contributed by atoms with E-state index in [4.69, 9.17) is 9.47 Å². The lowest BCUT2D eigenvalue weighted by atomic mass is 10.2. The van der Waals surface area contributed by atoms with Gasteiger partial charge < -0.3 is 14.8 Å². The van der Waals surface area contributed by atoms with Crippen molar-refractivity contribution in [3.8, 4) is 11.5 Å². The van der Waals surface area contributed by atoms with E-state index in [9.17, 15) is 4.39 Å². The molecule has 106 valence electrons. The average Bonchev–Trinajstić information content (AvgIpc) is 2.47. The molecule has 0 aliphatic heterocycles. The van der Waals surface area contributed by atoms with Crippen molar-refractivity contribution in [1.82, 2.24) is 5.32 Å². The van der Waals surface area contributed by atoms with Crippen molar-refractivity contribution in [3.05, 3.63) is 59.4 Å². The summed E-state index contributed by atoms with van der Waals surface area (Å²) in [6, 6.07) is 12.3. The number of ether oxygens (including phenoxy) is 2. The van der Waals surface area contributed by atoms with Crippen LogP contribution in [0.15, 0.2) is 42.5 Å². The monoisotopic (exact) mass is 275 g/mol. The molecule has 0 saturated carbocycles. The first-order valence-electron chi connectivity index (χ1n) is 6.42. The zero-order chi connectivity index (χ0) is 14.4. The molecule has 0 spiro atoms. The van der Waals surface area contributed by atoms with Crippen LogP contribution in [0.25, 0.3) is 0 Å². The van der Waals surface area contributed by atoms with E-state index in [2.05, 4.69) is 5.32 Å². The Morgan fingerprint density at radius 2 is 1.90 bits per heavy atom. The number of benzene rings is 2. The first-order chi connectivity index (χ1) is 9.74. The third-order valence-electron chi connectivity index (χ3n) is 2.95. The molecule has 2 aromatic carbocycles. The molecule has 0 bridgehead atoms. The van der Waals surface area contributed by atoms with Gasteiger partial charge in [0.05, 0.1) is 7.11 Å². The highest BCUT2D eigenvalue weighted by molar-refractivity contribution is 5.43. The van der Waals surface area contributed by atoms with E-state index in [0.29, 0.717) is 17.1 Å². The van der Waals surface area contributed by atoms with E-state index in [0.717, 1.165) is 12.1 Å². The lowest BCUT2D eigenvalue weighted by Crippen LogP contribution is -2.06. The highest BCUT2D eigenvalue weighted by Gasteiger charge is 2.07. The van der Waals surface area contributed by atoms with Crippen LogP contribution in [0.4, 0.5) is 4.39 Å². The maximum atomic E-state index is 13.6. The summed E-state index contributed by atoms with van der Waals surface area (Å²) in [5, 5.41) is 3.08. The molecule has 2 aromatic rings. The van der Waals surface area contributed by atoms with Crippen LogP contribution in [0.5, 0.6) is 11.5 Å². The average molecular weight is 275 g/mol. The summed E-state index contributed by atoms with van der Waals surface area (Å²) in [7, 11) is 3.47. The number of halogens is 1. The van der Waals surface area contributed by atoms with Gasteiger partial charge in [0.25, 0.3) is 0 Å². The predicted octanol–water partition coefficient (Wildman–Crippen LogP) is 3.13. The predicted molar refractivity (Wildman–Crippen MR) is 76.5 cm³/mol. The highest BCUT2D eigenvalue weighted by atomic mass is 19.1. The van der Waals surface area contributed by atoms with Crippen LogP contribution in [0.2, 0.25) is 0 Å². The van der Waals surface area contributed by atoms with Crippen molar-refractivity contribution in [1.29, 1.82) is 0 Å². The molecule has 4 heteroatoms. The van der Waals surface area contributed by atoms with Gasteiger partial charge in [0, 0.05) is 12.1 Å². The summed E-state index contributed by atoms with van der Waals surface area (Å²) in [4.78, 5) is 0.